The van der Waals surface area contributed by atoms with Crippen LogP contribution in [0.2, 0.25) is 0 Å². The minimum Gasteiger partial charge on any atom is -0.496 e. The summed E-state index contributed by atoms with van der Waals surface area (Å²) in [5.74, 6) is -0.199. The molecule has 8 heteroatoms. The Morgan fingerprint density at radius 3 is 2.41 bits per heavy atom. The molecule has 2 heterocycles. The molecule has 0 aliphatic carbocycles. The van der Waals surface area contributed by atoms with Gasteiger partial charge in [0.2, 0.25) is 0 Å². The number of ether oxygens (including phenoxy) is 2. The molecule has 3 aromatic rings. The maximum Gasteiger partial charge on any atom is 0.416 e. The number of methoxy groups -OCH3 is 1. The number of amides is 2. The van der Waals surface area contributed by atoms with Gasteiger partial charge in [-0.25, -0.2) is 9.69 Å². The summed E-state index contributed by atoms with van der Waals surface area (Å²) in [7, 11) is 1.61. The van der Waals surface area contributed by atoms with Crippen LogP contribution < -0.4 is 9.75 Å². The first kappa shape index (κ1) is 22.2. The Morgan fingerprint density at radius 2 is 1.74 bits per heavy atom. The molecule has 2 aliphatic heterocycles. The van der Waals surface area contributed by atoms with Gasteiger partial charge in [0.25, 0.3) is 5.91 Å². The quantitative estimate of drug-likeness (QED) is 0.483. The summed E-state index contributed by atoms with van der Waals surface area (Å²) in [6, 6.07) is 24.1. The largest absolute Gasteiger partial charge is 0.496 e. The summed E-state index contributed by atoms with van der Waals surface area (Å²) in [5.41, 5.74) is 3.16. The molecule has 0 N–H and O–H groups in total. The number of imide groups is 1. The van der Waals surface area contributed by atoms with Crippen LogP contribution in [0.3, 0.4) is 0 Å². The number of benzene rings is 3. The van der Waals surface area contributed by atoms with Crippen molar-refractivity contribution in [3.8, 4) is 5.75 Å². The Balaban J connectivity index is 1.71. The molecule has 0 spiro atoms. The first-order valence-electron chi connectivity index (χ1n) is 10.9. The van der Waals surface area contributed by atoms with Gasteiger partial charge in [-0.05, 0) is 35.9 Å². The molecule has 2 atom stereocenters. The van der Waals surface area contributed by atoms with E-state index >= 15 is 0 Å². The molecule has 5 rings (SSSR count). The summed E-state index contributed by atoms with van der Waals surface area (Å²) in [6.45, 7) is 0.392. The zero-order valence-electron chi connectivity index (χ0n) is 18.4. The predicted molar refractivity (Wildman–Crippen MR) is 132 cm³/mol. The van der Waals surface area contributed by atoms with Gasteiger partial charge in [0.1, 0.15) is 18.4 Å². The lowest BCUT2D eigenvalue weighted by atomic mass is 9.83. The number of hydrogen-bond acceptors (Lipinski definition) is 6. The van der Waals surface area contributed by atoms with Gasteiger partial charge in [0.15, 0.2) is 0 Å². The van der Waals surface area contributed by atoms with Crippen LogP contribution in [0.15, 0.2) is 88.4 Å². The maximum atomic E-state index is 13.9. The van der Waals surface area contributed by atoms with Crippen molar-refractivity contribution in [1.82, 2.24) is 4.90 Å². The first-order chi connectivity index (χ1) is 16.6. The number of nitrogens with zero attached hydrogens (tertiary/aromatic N) is 3. The third-order valence-electron chi connectivity index (χ3n) is 6.00. The standard InChI is InChI=1S/C26H22BrN3O4/c1-33-21-10-6-5-9-20(21)22-23(17-7-3-2-4-8-17)28-30(19-13-11-18(27)12-14-19)24(22)25(31)29-15-16-34-26(29)32/h2-14,22,24H,15-16H2,1H3/t22-,24-/m0/s1. The second-order valence-electron chi connectivity index (χ2n) is 7.94. The van der Waals surface area contributed by atoms with Crippen molar-refractivity contribution >= 4 is 39.3 Å². The SMILES string of the molecule is COc1ccccc1[C@H]1C(c2ccccc2)=NN(c2ccc(Br)cc2)[C@@H]1C(=O)N1CCOC1=O. The third-order valence-corrected chi connectivity index (χ3v) is 6.53. The molecule has 2 amide bonds. The van der Waals surface area contributed by atoms with Crippen molar-refractivity contribution in [2.24, 2.45) is 5.10 Å². The molecule has 34 heavy (non-hydrogen) atoms. The summed E-state index contributed by atoms with van der Waals surface area (Å²) < 4.78 is 11.7. The topological polar surface area (TPSA) is 71.4 Å². The molecule has 0 unspecified atom stereocenters. The lowest BCUT2D eigenvalue weighted by Crippen LogP contribution is -2.48. The highest BCUT2D eigenvalue weighted by atomic mass is 79.9. The average molecular weight is 520 g/mol. The molecule has 2 aliphatic rings. The lowest BCUT2D eigenvalue weighted by molar-refractivity contribution is -0.129. The maximum absolute atomic E-state index is 13.9. The summed E-state index contributed by atoms with van der Waals surface area (Å²) in [4.78, 5) is 27.5. The number of rotatable bonds is 5. The molecule has 7 nitrogen and oxygen atoms in total. The van der Waals surface area contributed by atoms with Gasteiger partial charge in [-0.15, -0.1) is 0 Å². The number of carbonyl (C=O) groups is 2. The van der Waals surface area contributed by atoms with Gasteiger partial charge < -0.3 is 9.47 Å². The summed E-state index contributed by atoms with van der Waals surface area (Å²) >= 11 is 3.47. The molecule has 0 bridgehead atoms. The molecule has 0 saturated carbocycles. The molecular formula is C26H22BrN3O4. The number of halogens is 1. The summed E-state index contributed by atoms with van der Waals surface area (Å²) in [5, 5.41) is 6.68. The van der Waals surface area contributed by atoms with Crippen molar-refractivity contribution in [3.63, 3.8) is 0 Å². The first-order valence-corrected chi connectivity index (χ1v) is 11.7. The Labute approximate surface area is 205 Å². The summed E-state index contributed by atoms with van der Waals surface area (Å²) in [6.07, 6.45) is -0.632. The average Bonchev–Trinajstić information content (AvgIpc) is 3.48. The van der Waals surface area contributed by atoms with Gasteiger partial charge in [-0.2, -0.15) is 5.10 Å². The molecule has 0 aromatic heterocycles. The molecule has 172 valence electrons. The number of cyclic esters (lactones) is 1. The van der Waals surface area contributed by atoms with Crippen LogP contribution in [0.1, 0.15) is 17.0 Å². The fraction of sp³-hybridized carbons (Fsp3) is 0.192. The number of hydrogen-bond donors (Lipinski definition) is 0. The Hall–Kier alpha value is -3.65. The number of para-hydroxylation sites is 1. The molecule has 0 radical (unpaired) electrons. The Kier molecular flexibility index (Phi) is 6.06. The Morgan fingerprint density at radius 1 is 1.03 bits per heavy atom. The highest BCUT2D eigenvalue weighted by Crippen LogP contribution is 2.41. The number of hydrazone groups is 1. The molecule has 1 fully saturated rings. The van der Waals surface area contributed by atoms with Gasteiger partial charge in [-0.1, -0.05) is 64.5 Å². The van der Waals surface area contributed by atoms with Crippen molar-refractivity contribution in [2.45, 2.75) is 12.0 Å². The molecule has 1 saturated heterocycles. The van der Waals surface area contributed by atoms with E-state index in [1.807, 2.05) is 78.9 Å². The van der Waals surface area contributed by atoms with Crippen LogP contribution in [-0.4, -0.2) is 48.9 Å². The van der Waals surface area contributed by atoms with E-state index in [-0.39, 0.29) is 19.1 Å². The fourth-order valence-electron chi connectivity index (χ4n) is 4.43. The normalized spacial score (nSPS) is 19.7. The second-order valence-corrected chi connectivity index (χ2v) is 8.86. The van der Waals surface area contributed by atoms with Gasteiger partial charge >= 0.3 is 6.09 Å². The van der Waals surface area contributed by atoms with Crippen LogP contribution in [-0.2, 0) is 9.53 Å². The zero-order chi connectivity index (χ0) is 23.7. The minimum atomic E-state index is -0.807. The van der Waals surface area contributed by atoms with E-state index in [0.717, 1.165) is 27.0 Å². The Bertz CT molecular complexity index is 1250. The second kappa shape index (κ2) is 9.30. The van der Waals surface area contributed by atoms with Crippen LogP contribution in [0.5, 0.6) is 5.75 Å². The van der Waals surface area contributed by atoms with Crippen LogP contribution in [0.25, 0.3) is 0 Å². The van der Waals surface area contributed by atoms with E-state index in [1.165, 1.54) is 4.90 Å². The zero-order valence-corrected chi connectivity index (χ0v) is 20.0. The van der Waals surface area contributed by atoms with Crippen LogP contribution in [0.4, 0.5) is 10.5 Å². The van der Waals surface area contributed by atoms with E-state index in [9.17, 15) is 9.59 Å². The van der Waals surface area contributed by atoms with Crippen molar-refractivity contribution < 1.29 is 19.1 Å². The molecule has 3 aromatic carbocycles. The van der Waals surface area contributed by atoms with Crippen molar-refractivity contribution in [3.05, 3.63) is 94.5 Å². The van der Waals surface area contributed by atoms with E-state index in [0.29, 0.717) is 5.75 Å². The highest BCUT2D eigenvalue weighted by molar-refractivity contribution is 9.10. The van der Waals surface area contributed by atoms with Gasteiger partial charge in [0.05, 0.1) is 31.0 Å². The monoisotopic (exact) mass is 519 g/mol. The number of carbonyl (C=O) groups excluding carboxylic acids is 2. The van der Waals surface area contributed by atoms with E-state index in [2.05, 4.69) is 15.9 Å². The van der Waals surface area contributed by atoms with E-state index < -0.39 is 18.1 Å². The number of anilines is 1. The van der Waals surface area contributed by atoms with Gasteiger partial charge in [-0.3, -0.25) is 9.80 Å². The molecular weight excluding hydrogens is 498 g/mol. The fourth-order valence-corrected chi connectivity index (χ4v) is 4.70. The van der Waals surface area contributed by atoms with Crippen molar-refractivity contribution in [2.75, 3.05) is 25.3 Å². The highest BCUT2D eigenvalue weighted by Gasteiger charge is 2.48. The smallest absolute Gasteiger partial charge is 0.416 e. The van der Waals surface area contributed by atoms with Crippen molar-refractivity contribution in [1.29, 1.82) is 0 Å². The lowest BCUT2D eigenvalue weighted by Gasteiger charge is -2.30. The van der Waals surface area contributed by atoms with E-state index in [1.54, 1.807) is 12.1 Å². The van der Waals surface area contributed by atoms with E-state index in [4.69, 9.17) is 14.6 Å². The minimum absolute atomic E-state index is 0.182. The van der Waals surface area contributed by atoms with Crippen LogP contribution in [0, 0.1) is 0 Å². The third kappa shape index (κ3) is 3.94. The predicted octanol–water partition coefficient (Wildman–Crippen LogP) is 4.81. The van der Waals surface area contributed by atoms with Gasteiger partial charge in [0, 0.05) is 10.0 Å². The van der Waals surface area contributed by atoms with Crippen LogP contribution >= 0.6 is 15.9 Å².